The molecule has 4 nitrogen and oxygen atoms in total. The number of rotatable bonds is 2. The van der Waals surface area contributed by atoms with Gasteiger partial charge in [0.2, 0.25) is 0 Å². The van der Waals surface area contributed by atoms with E-state index in [9.17, 15) is 9.90 Å². The van der Waals surface area contributed by atoms with Crippen molar-refractivity contribution < 1.29 is 15.0 Å². The van der Waals surface area contributed by atoms with Crippen LogP contribution in [0.15, 0.2) is 18.3 Å². The lowest BCUT2D eigenvalue weighted by atomic mass is 10.0. The second kappa shape index (κ2) is 3.14. The Morgan fingerprint density at radius 3 is 2.38 bits per heavy atom. The van der Waals surface area contributed by atoms with Crippen LogP contribution >= 0.6 is 0 Å². The molecular formula is C9H11NO3. The highest BCUT2D eigenvalue weighted by Crippen LogP contribution is 2.18. The number of carboxylic acids is 1. The van der Waals surface area contributed by atoms with Crippen molar-refractivity contribution >= 4 is 5.97 Å². The Labute approximate surface area is 75.9 Å². The summed E-state index contributed by atoms with van der Waals surface area (Å²) in [6, 6.07) is 2.92. The predicted octanol–water partition coefficient (Wildman–Crippen LogP) is 1.01. The summed E-state index contributed by atoms with van der Waals surface area (Å²) in [5.41, 5.74) is -0.408. The molecule has 1 rings (SSSR count). The van der Waals surface area contributed by atoms with Crippen LogP contribution in [0.5, 0.6) is 0 Å². The number of nitrogens with zero attached hydrogens (tertiary/aromatic N) is 1. The molecule has 0 aliphatic carbocycles. The van der Waals surface area contributed by atoms with E-state index >= 15 is 0 Å². The molecule has 0 aromatic carbocycles. The Kier molecular flexibility index (Phi) is 2.34. The first-order valence-corrected chi connectivity index (χ1v) is 3.83. The van der Waals surface area contributed by atoms with Gasteiger partial charge in [0.15, 0.2) is 0 Å². The highest BCUT2D eigenvalue weighted by atomic mass is 16.4. The molecule has 1 heterocycles. The topological polar surface area (TPSA) is 70.4 Å². The number of hydrogen-bond acceptors (Lipinski definition) is 3. The lowest BCUT2D eigenvalue weighted by Gasteiger charge is -2.16. The molecule has 0 unspecified atom stereocenters. The summed E-state index contributed by atoms with van der Waals surface area (Å²) in [6.07, 6.45) is 1.36. The summed E-state index contributed by atoms with van der Waals surface area (Å²) in [5.74, 6) is -1.07. The van der Waals surface area contributed by atoms with Gasteiger partial charge in [-0.05, 0) is 19.9 Å². The van der Waals surface area contributed by atoms with Gasteiger partial charge in [-0.3, -0.25) is 0 Å². The molecule has 0 radical (unpaired) electrons. The molecule has 2 N–H and O–H groups in total. The monoisotopic (exact) mass is 181 g/mol. The fraction of sp³-hybridized carbons (Fsp3) is 0.333. The Morgan fingerprint density at radius 1 is 1.46 bits per heavy atom. The van der Waals surface area contributed by atoms with Crippen LogP contribution in [0.25, 0.3) is 0 Å². The molecular weight excluding hydrogens is 170 g/mol. The number of aromatic carboxylic acids is 1. The molecule has 4 heteroatoms. The highest BCUT2D eigenvalue weighted by molar-refractivity contribution is 5.85. The quantitative estimate of drug-likeness (QED) is 0.714. The van der Waals surface area contributed by atoms with Crippen molar-refractivity contribution in [2.24, 2.45) is 0 Å². The molecule has 0 fully saturated rings. The van der Waals surface area contributed by atoms with Gasteiger partial charge in [-0.25, -0.2) is 9.78 Å². The third kappa shape index (κ3) is 2.26. The number of carbonyl (C=O) groups is 1. The van der Waals surface area contributed by atoms with Crippen LogP contribution in [0.3, 0.4) is 0 Å². The molecule has 0 aliphatic rings. The van der Waals surface area contributed by atoms with Crippen molar-refractivity contribution in [2.75, 3.05) is 0 Å². The van der Waals surface area contributed by atoms with E-state index < -0.39 is 11.6 Å². The third-order valence-electron chi connectivity index (χ3n) is 1.69. The lowest BCUT2D eigenvalue weighted by Crippen LogP contribution is -2.16. The molecule has 13 heavy (non-hydrogen) atoms. The van der Waals surface area contributed by atoms with Gasteiger partial charge >= 0.3 is 5.97 Å². The molecule has 0 spiro atoms. The van der Waals surface area contributed by atoms with Crippen LogP contribution < -0.4 is 0 Å². The second-order valence-corrected chi connectivity index (χ2v) is 3.30. The maximum Gasteiger partial charge on any atom is 0.354 e. The zero-order chi connectivity index (χ0) is 10.1. The summed E-state index contributed by atoms with van der Waals surface area (Å²) >= 11 is 0. The largest absolute Gasteiger partial charge is 0.477 e. The third-order valence-corrected chi connectivity index (χ3v) is 1.69. The highest BCUT2D eigenvalue weighted by Gasteiger charge is 2.16. The maximum absolute atomic E-state index is 10.4. The average Bonchev–Trinajstić information content (AvgIpc) is 2.03. The van der Waals surface area contributed by atoms with E-state index in [4.69, 9.17) is 5.11 Å². The van der Waals surface area contributed by atoms with Gasteiger partial charge in [-0.1, -0.05) is 6.07 Å². The SMILES string of the molecule is CC(C)(O)c1ccc(C(=O)O)nc1. The van der Waals surface area contributed by atoms with Crippen molar-refractivity contribution in [3.8, 4) is 0 Å². The molecule has 0 saturated heterocycles. The van der Waals surface area contributed by atoms with E-state index in [1.54, 1.807) is 19.9 Å². The van der Waals surface area contributed by atoms with Crippen molar-refractivity contribution in [1.82, 2.24) is 4.98 Å². The second-order valence-electron chi connectivity index (χ2n) is 3.30. The van der Waals surface area contributed by atoms with Crippen molar-refractivity contribution in [3.63, 3.8) is 0 Å². The minimum Gasteiger partial charge on any atom is -0.477 e. The van der Waals surface area contributed by atoms with Gasteiger partial charge in [0.1, 0.15) is 5.69 Å². The molecule has 0 amide bonds. The number of aromatic nitrogens is 1. The van der Waals surface area contributed by atoms with Crippen LogP contribution in [-0.2, 0) is 5.60 Å². The van der Waals surface area contributed by atoms with Crippen LogP contribution in [0.4, 0.5) is 0 Å². The van der Waals surface area contributed by atoms with E-state index in [1.165, 1.54) is 12.3 Å². The fourth-order valence-corrected chi connectivity index (χ4v) is 0.882. The van der Waals surface area contributed by atoms with E-state index in [0.29, 0.717) is 5.56 Å². The van der Waals surface area contributed by atoms with Crippen molar-refractivity contribution in [2.45, 2.75) is 19.4 Å². The number of pyridine rings is 1. The van der Waals surface area contributed by atoms with Gasteiger partial charge in [0.05, 0.1) is 5.60 Å². The minimum atomic E-state index is -1.07. The normalized spacial score (nSPS) is 11.3. The Morgan fingerprint density at radius 2 is 2.08 bits per heavy atom. The summed E-state index contributed by atoms with van der Waals surface area (Å²) in [6.45, 7) is 3.23. The Balaban J connectivity index is 3.01. The zero-order valence-electron chi connectivity index (χ0n) is 7.48. The van der Waals surface area contributed by atoms with Gasteiger partial charge in [0.25, 0.3) is 0 Å². The van der Waals surface area contributed by atoms with E-state index in [0.717, 1.165) is 0 Å². The predicted molar refractivity (Wildman–Crippen MR) is 46.4 cm³/mol. The first-order valence-electron chi connectivity index (χ1n) is 3.83. The van der Waals surface area contributed by atoms with Crippen molar-refractivity contribution in [1.29, 1.82) is 0 Å². The molecule has 0 bridgehead atoms. The number of hydrogen-bond donors (Lipinski definition) is 2. The molecule has 0 atom stereocenters. The first-order chi connectivity index (χ1) is 5.91. The number of aliphatic hydroxyl groups is 1. The lowest BCUT2D eigenvalue weighted by molar-refractivity contribution is 0.0683. The van der Waals surface area contributed by atoms with E-state index in [2.05, 4.69) is 4.98 Å². The maximum atomic E-state index is 10.4. The molecule has 0 aliphatic heterocycles. The Hall–Kier alpha value is -1.42. The first kappa shape index (κ1) is 9.67. The molecule has 70 valence electrons. The summed E-state index contributed by atoms with van der Waals surface area (Å²) in [4.78, 5) is 14.1. The summed E-state index contributed by atoms with van der Waals surface area (Å²) in [5, 5.41) is 18.1. The van der Waals surface area contributed by atoms with Crippen molar-refractivity contribution in [3.05, 3.63) is 29.6 Å². The van der Waals surface area contributed by atoms with Gasteiger partial charge in [-0.15, -0.1) is 0 Å². The van der Waals surface area contributed by atoms with Crippen LogP contribution in [0.2, 0.25) is 0 Å². The molecule has 1 aromatic rings. The zero-order valence-corrected chi connectivity index (χ0v) is 7.48. The van der Waals surface area contributed by atoms with E-state index in [1.807, 2.05) is 0 Å². The van der Waals surface area contributed by atoms with Crippen LogP contribution in [0.1, 0.15) is 29.9 Å². The minimum absolute atomic E-state index is 0.0204. The Bertz CT molecular complexity index is 311. The van der Waals surface area contributed by atoms with Gasteiger partial charge < -0.3 is 10.2 Å². The molecule has 0 saturated carbocycles. The fourth-order valence-electron chi connectivity index (χ4n) is 0.882. The van der Waals surface area contributed by atoms with E-state index in [-0.39, 0.29) is 5.69 Å². The summed E-state index contributed by atoms with van der Waals surface area (Å²) < 4.78 is 0. The number of carboxylic acid groups (broad SMARTS) is 1. The molecule has 1 aromatic heterocycles. The summed E-state index contributed by atoms with van der Waals surface area (Å²) in [7, 11) is 0. The van der Waals surface area contributed by atoms with Gasteiger partial charge in [0, 0.05) is 11.8 Å². The standard InChI is InChI=1S/C9H11NO3/c1-9(2,13)6-3-4-7(8(11)12)10-5-6/h3-5,13H,1-2H3,(H,11,12). The van der Waals surface area contributed by atoms with Gasteiger partial charge in [-0.2, -0.15) is 0 Å². The average molecular weight is 181 g/mol. The van der Waals surface area contributed by atoms with Crippen LogP contribution in [0, 0.1) is 0 Å². The smallest absolute Gasteiger partial charge is 0.354 e. The van der Waals surface area contributed by atoms with Crippen LogP contribution in [-0.4, -0.2) is 21.2 Å².